The van der Waals surface area contributed by atoms with Crippen LogP contribution in [-0.4, -0.2) is 25.9 Å². The van der Waals surface area contributed by atoms with E-state index in [1.807, 2.05) is 22.9 Å². The smallest absolute Gasteiger partial charge is 0.224 e. The van der Waals surface area contributed by atoms with E-state index in [1.54, 1.807) is 12.4 Å². The Morgan fingerprint density at radius 1 is 1.17 bits per heavy atom. The summed E-state index contributed by atoms with van der Waals surface area (Å²) in [5.41, 5.74) is 2.01. The number of fused-ring (bicyclic) bond motifs is 1. The molecule has 1 aromatic carbocycles. The maximum Gasteiger partial charge on any atom is 0.224 e. The van der Waals surface area contributed by atoms with Gasteiger partial charge >= 0.3 is 0 Å². The van der Waals surface area contributed by atoms with E-state index in [2.05, 4.69) is 27.2 Å². The van der Waals surface area contributed by atoms with E-state index < -0.39 is 0 Å². The molecular formula is C17H17ClN4O. The number of nitrogens with zero attached hydrogens (tertiary/aromatic N) is 4. The molecule has 0 bridgehead atoms. The second-order valence-corrected chi connectivity index (χ2v) is 6.23. The Morgan fingerprint density at radius 2 is 2.04 bits per heavy atom. The van der Waals surface area contributed by atoms with Crippen molar-refractivity contribution in [3.05, 3.63) is 53.6 Å². The summed E-state index contributed by atoms with van der Waals surface area (Å²) in [6.45, 7) is 0.659. The van der Waals surface area contributed by atoms with Crippen molar-refractivity contribution in [1.82, 2.24) is 19.7 Å². The summed E-state index contributed by atoms with van der Waals surface area (Å²) in [5, 5.41) is 5.65. The Bertz CT molecular complexity index is 805. The van der Waals surface area contributed by atoms with Gasteiger partial charge in [-0.2, -0.15) is 10.1 Å². The molecule has 2 aromatic heterocycles. The van der Waals surface area contributed by atoms with Crippen molar-refractivity contribution in [2.75, 3.05) is 0 Å². The zero-order valence-electron chi connectivity index (χ0n) is 12.6. The van der Waals surface area contributed by atoms with Crippen LogP contribution in [0.1, 0.15) is 30.9 Å². The van der Waals surface area contributed by atoms with Gasteiger partial charge in [-0.25, -0.2) is 9.67 Å². The summed E-state index contributed by atoms with van der Waals surface area (Å²) in [4.78, 5) is 8.31. The lowest BCUT2D eigenvalue weighted by atomic mass is 10.2. The third-order valence-corrected chi connectivity index (χ3v) is 4.52. The maximum atomic E-state index is 6.05. The Balaban J connectivity index is 1.44. The highest BCUT2D eigenvalue weighted by molar-refractivity contribution is 6.28. The van der Waals surface area contributed by atoms with E-state index in [1.165, 1.54) is 5.56 Å². The van der Waals surface area contributed by atoms with Crippen LogP contribution in [0.15, 0.2) is 42.7 Å². The number of benzene rings is 1. The zero-order valence-corrected chi connectivity index (χ0v) is 13.4. The minimum absolute atomic E-state index is 0.258. The van der Waals surface area contributed by atoms with Crippen LogP contribution in [0.4, 0.5) is 0 Å². The van der Waals surface area contributed by atoms with Crippen molar-refractivity contribution < 1.29 is 4.74 Å². The lowest BCUT2D eigenvalue weighted by Crippen LogP contribution is -2.12. The highest BCUT2D eigenvalue weighted by Gasteiger charge is 2.28. The fourth-order valence-corrected chi connectivity index (χ4v) is 3.29. The second-order valence-electron chi connectivity index (χ2n) is 5.89. The Labute approximate surface area is 139 Å². The van der Waals surface area contributed by atoms with E-state index in [0.717, 1.165) is 30.3 Å². The van der Waals surface area contributed by atoms with E-state index in [4.69, 9.17) is 16.3 Å². The van der Waals surface area contributed by atoms with Gasteiger partial charge < -0.3 is 4.74 Å². The maximum absolute atomic E-state index is 6.05. The first-order valence-corrected chi connectivity index (χ1v) is 8.18. The van der Waals surface area contributed by atoms with Gasteiger partial charge in [-0.05, 0) is 36.4 Å². The van der Waals surface area contributed by atoms with Crippen molar-refractivity contribution in [3.8, 4) is 0 Å². The fourth-order valence-electron chi connectivity index (χ4n) is 3.16. The first-order chi connectivity index (χ1) is 11.3. The van der Waals surface area contributed by atoms with Gasteiger partial charge in [0, 0.05) is 6.20 Å². The van der Waals surface area contributed by atoms with Crippen molar-refractivity contribution in [2.24, 2.45) is 0 Å². The van der Waals surface area contributed by atoms with Gasteiger partial charge in [0.15, 0.2) is 5.65 Å². The number of rotatable bonds is 4. The lowest BCUT2D eigenvalue weighted by molar-refractivity contribution is 0.0431. The van der Waals surface area contributed by atoms with Gasteiger partial charge in [0.1, 0.15) is 0 Å². The van der Waals surface area contributed by atoms with Crippen LogP contribution in [0.2, 0.25) is 5.28 Å². The molecule has 1 aliphatic rings. The Kier molecular flexibility index (Phi) is 3.97. The summed E-state index contributed by atoms with van der Waals surface area (Å²) >= 11 is 5.91. The third kappa shape index (κ3) is 3.07. The largest absolute Gasteiger partial charge is 0.373 e. The van der Waals surface area contributed by atoms with Crippen LogP contribution in [0.25, 0.3) is 11.0 Å². The molecule has 0 radical (unpaired) electrons. The molecule has 0 saturated heterocycles. The van der Waals surface area contributed by atoms with Crippen LogP contribution >= 0.6 is 11.6 Å². The van der Waals surface area contributed by atoms with Gasteiger partial charge in [-0.15, -0.1) is 0 Å². The molecular weight excluding hydrogens is 312 g/mol. The summed E-state index contributed by atoms with van der Waals surface area (Å²) in [5.74, 6) is 0. The molecule has 1 aliphatic carbocycles. The molecule has 23 heavy (non-hydrogen) atoms. The second kappa shape index (κ2) is 6.26. The topological polar surface area (TPSA) is 52.8 Å². The van der Waals surface area contributed by atoms with Crippen LogP contribution in [0.3, 0.4) is 0 Å². The summed E-state index contributed by atoms with van der Waals surface area (Å²) < 4.78 is 8.02. The van der Waals surface area contributed by atoms with Crippen LogP contribution in [0.5, 0.6) is 0 Å². The standard InChI is InChI=1S/C17H17ClN4O/c18-17-19-9-13-10-20-22(16(13)21-17)14-6-7-15(8-14)23-11-12-4-2-1-3-5-12/h1-5,9-10,14-15H,6-8,11H2/t14-,15+/m0/s1. The van der Waals surface area contributed by atoms with Gasteiger partial charge in [0.2, 0.25) is 5.28 Å². The van der Waals surface area contributed by atoms with Crippen molar-refractivity contribution >= 4 is 22.6 Å². The number of hydrogen-bond acceptors (Lipinski definition) is 4. The molecule has 4 rings (SSSR count). The highest BCUT2D eigenvalue weighted by atomic mass is 35.5. The normalized spacial score (nSPS) is 21.1. The molecule has 0 aliphatic heterocycles. The zero-order chi connectivity index (χ0) is 15.6. The molecule has 118 valence electrons. The quantitative estimate of drug-likeness (QED) is 0.684. The first-order valence-electron chi connectivity index (χ1n) is 7.81. The minimum Gasteiger partial charge on any atom is -0.373 e. The number of ether oxygens (including phenoxy) is 1. The molecule has 1 fully saturated rings. The molecule has 0 spiro atoms. The first kappa shape index (κ1) is 14.6. The molecule has 2 heterocycles. The average Bonchev–Trinajstić information content (AvgIpc) is 3.20. The van der Waals surface area contributed by atoms with Gasteiger partial charge in [-0.3, -0.25) is 0 Å². The fraction of sp³-hybridized carbons (Fsp3) is 0.353. The molecule has 1 saturated carbocycles. The summed E-state index contributed by atoms with van der Waals surface area (Å²) in [6.07, 6.45) is 6.80. The van der Waals surface area contributed by atoms with Crippen LogP contribution in [0, 0.1) is 0 Å². The number of halogens is 1. The van der Waals surface area contributed by atoms with E-state index in [0.29, 0.717) is 12.6 Å². The number of aromatic nitrogens is 4. The molecule has 0 amide bonds. The highest BCUT2D eigenvalue weighted by Crippen LogP contribution is 2.33. The molecule has 2 atom stereocenters. The van der Waals surface area contributed by atoms with Gasteiger partial charge in [0.25, 0.3) is 0 Å². The predicted octanol–water partition coefficient (Wildman–Crippen LogP) is 3.79. The van der Waals surface area contributed by atoms with Crippen LogP contribution < -0.4 is 0 Å². The van der Waals surface area contributed by atoms with Crippen molar-refractivity contribution in [1.29, 1.82) is 0 Å². The molecule has 0 unspecified atom stereocenters. The SMILES string of the molecule is Clc1ncc2cnn([C@H]3CC[C@@H](OCc4ccccc4)C3)c2n1. The minimum atomic E-state index is 0.258. The predicted molar refractivity (Wildman–Crippen MR) is 88.2 cm³/mol. The van der Waals surface area contributed by atoms with Gasteiger partial charge in [-0.1, -0.05) is 30.3 Å². The van der Waals surface area contributed by atoms with E-state index in [9.17, 15) is 0 Å². The monoisotopic (exact) mass is 328 g/mol. The average molecular weight is 329 g/mol. The Hall–Kier alpha value is -1.98. The van der Waals surface area contributed by atoms with Crippen molar-refractivity contribution in [3.63, 3.8) is 0 Å². The third-order valence-electron chi connectivity index (χ3n) is 4.34. The summed E-state index contributed by atoms with van der Waals surface area (Å²) in [6, 6.07) is 10.6. The molecule has 3 aromatic rings. The van der Waals surface area contributed by atoms with Gasteiger partial charge in [0.05, 0.1) is 30.3 Å². The summed E-state index contributed by atoms with van der Waals surface area (Å²) in [7, 11) is 0. The number of hydrogen-bond donors (Lipinski definition) is 0. The van der Waals surface area contributed by atoms with Crippen molar-refractivity contribution in [2.45, 2.75) is 38.0 Å². The van der Waals surface area contributed by atoms with Crippen LogP contribution in [-0.2, 0) is 11.3 Å². The molecule has 6 heteroatoms. The lowest BCUT2D eigenvalue weighted by Gasteiger charge is -2.13. The Morgan fingerprint density at radius 3 is 2.91 bits per heavy atom. The van der Waals surface area contributed by atoms with E-state index in [-0.39, 0.29) is 11.4 Å². The van der Waals surface area contributed by atoms with E-state index >= 15 is 0 Å². The molecule has 5 nitrogen and oxygen atoms in total. The molecule has 0 N–H and O–H groups in total.